The van der Waals surface area contributed by atoms with Crippen molar-refractivity contribution in [2.24, 2.45) is 0 Å². The van der Waals surface area contributed by atoms with Crippen LogP contribution in [0.25, 0.3) is 0 Å². The van der Waals surface area contributed by atoms with Crippen LogP contribution in [0.5, 0.6) is 0 Å². The number of halogens is 1. The lowest BCUT2D eigenvalue weighted by Gasteiger charge is -2.34. The lowest BCUT2D eigenvalue weighted by Crippen LogP contribution is -2.50. The van der Waals surface area contributed by atoms with Gasteiger partial charge in [0.15, 0.2) is 0 Å². The van der Waals surface area contributed by atoms with Crippen LogP contribution in [-0.2, 0) is 22.3 Å². The molecule has 4 rings (SSSR count). The van der Waals surface area contributed by atoms with Crippen molar-refractivity contribution in [3.63, 3.8) is 0 Å². The third-order valence-electron chi connectivity index (χ3n) is 5.98. The topological polar surface area (TPSA) is 75.5 Å². The summed E-state index contributed by atoms with van der Waals surface area (Å²) in [6.07, 6.45) is 0. The van der Waals surface area contributed by atoms with Gasteiger partial charge in [-0.05, 0) is 31.0 Å². The molecule has 9 heteroatoms. The smallest absolute Gasteiger partial charge is 0.257 e. The van der Waals surface area contributed by atoms with E-state index in [4.69, 9.17) is 11.6 Å². The van der Waals surface area contributed by atoms with Gasteiger partial charge in [-0.25, -0.2) is 8.42 Å². The zero-order chi connectivity index (χ0) is 23.6. The van der Waals surface area contributed by atoms with Crippen LogP contribution >= 0.6 is 11.6 Å². The maximum absolute atomic E-state index is 13.3. The first-order valence-corrected chi connectivity index (χ1v) is 12.8. The molecule has 1 aliphatic rings. The molecule has 1 aromatic heterocycles. The highest BCUT2D eigenvalue weighted by molar-refractivity contribution is 7.88. The summed E-state index contributed by atoms with van der Waals surface area (Å²) in [7, 11) is -3.43. The summed E-state index contributed by atoms with van der Waals surface area (Å²) in [6.45, 7) is 5.45. The largest absolute Gasteiger partial charge is 0.336 e. The summed E-state index contributed by atoms with van der Waals surface area (Å²) >= 11 is 6.29. The fourth-order valence-electron chi connectivity index (χ4n) is 4.15. The Balaban J connectivity index is 1.44. The SMILES string of the molecule is Cc1nn(Cc2ccccc2Cl)c(C)c1C(=O)N1CCN(S(=O)(=O)Cc2ccccc2)CC1. The van der Waals surface area contributed by atoms with Crippen LogP contribution in [0, 0.1) is 13.8 Å². The first-order chi connectivity index (χ1) is 15.8. The van der Waals surface area contributed by atoms with Gasteiger partial charge in [-0.1, -0.05) is 60.1 Å². The summed E-state index contributed by atoms with van der Waals surface area (Å²) in [5, 5.41) is 5.23. The minimum absolute atomic E-state index is 0.0329. The molecule has 0 aliphatic carbocycles. The highest BCUT2D eigenvalue weighted by Gasteiger charge is 2.31. The summed E-state index contributed by atoms with van der Waals surface area (Å²) in [6, 6.07) is 16.7. The second kappa shape index (κ2) is 9.67. The number of hydrogen-bond acceptors (Lipinski definition) is 4. The van der Waals surface area contributed by atoms with Gasteiger partial charge in [0.2, 0.25) is 10.0 Å². The second-order valence-corrected chi connectivity index (χ2v) is 10.6. The van der Waals surface area contributed by atoms with Gasteiger partial charge in [0.1, 0.15) is 0 Å². The molecule has 0 spiro atoms. The van der Waals surface area contributed by atoms with Crippen LogP contribution in [0.1, 0.15) is 32.9 Å². The van der Waals surface area contributed by atoms with Crippen molar-refractivity contribution in [3.8, 4) is 0 Å². The lowest BCUT2D eigenvalue weighted by molar-refractivity contribution is 0.0696. The Morgan fingerprint density at radius 2 is 1.61 bits per heavy atom. The molecular weight excluding hydrogens is 460 g/mol. The Kier molecular flexibility index (Phi) is 6.88. The molecule has 7 nitrogen and oxygen atoms in total. The van der Waals surface area contributed by atoms with Gasteiger partial charge in [0.05, 0.1) is 23.6 Å². The van der Waals surface area contributed by atoms with Gasteiger partial charge >= 0.3 is 0 Å². The van der Waals surface area contributed by atoms with Crippen LogP contribution in [0.4, 0.5) is 0 Å². The normalized spacial score (nSPS) is 15.1. The number of carbonyl (C=O) groups is 1. The molecule has 0 radical (unpaired) electrons. The quantitative estimate of drug-likeness (QED) is 0.534. The second-order valence-electron chi connectivity index (χ2n) is 8.23. The van der Waals surface area contributed by atoms with Crippen molar-refractivity contribution in [2.75, 3.05) is 26.2 Å². The van der Waals surface area contributed by atoms with Crippen molar-refractivity contribution >= 4 is 27.5 Å². The van der Waals surface area contributed by atoms with Gasteiger partial charge < -0.3 is 4.90 Å². The zero-order valence-electron chi connectivity index (χ0n) is 18.7. The Bertz CT molecular complexity index is 1250. The standard InChI is InChI=1S/C24H27ClN4O3S/c1-18-23(19(2)29(26-18)16-21-10-6-7-11-22(21)25)24(30)27-12-14-28(15-13-27)33(31,32)17-20-8-4-3-5-9-20/h3-11H,12-17H2,1-2H3. The third kappa shape index (κ3) is 5.13. The number of sulfonamides is 1. The van der Waals surface area contributed by atoms with Crippen LogP contribution in [0.3, 0.4) is 0 Å². The fraction of sp³-hybridized carbons (Fsp3) is 0.333. The summed E-state index contributed by atoms with van der Waals surface area (Å²) in [4.78, 5) is 15.0. The van der Waals surface area contributed by atoms with Gasteiger partial charge in [-0.3, -0.25) is 9.48 Å². The molecule has 3 aromatic rings. The van der Waals surface area contributed by atoms with E-state index in [9.17, 15) is 13.2 Å². The molecule has 1 amide bonds. The van der Waals surface area contributed by atoms with Crippen LogP contribution in [0.15, 0.2) is 54.6 Å². The molecule has 1 saturated heterocycles. The van der Waals surface area contributed by atoms with Crippen molar-refractivity contribution < 1.29 is 13.2 Å². The molecule has 0 atom stereocenters. The highest BCUT2D eigenvalue weighted by Crippen LogP contribution is 2.22. The molecule has 33 heavy (non-hydrogen) atoms. The van der Waals surface area contributed by atoms with Crippen LogP contribution in [-0.4, -0.2) is 59.5 Å². The maximum Gasteiger partial charge on any atom is 0.257 e. The average Bonchev–Trinajstić information content (AvgIpc) is 3.08. The van der Waals surface area contributed by atoms with E-state index in [1.54, 1.807) is 9.58 Å². The molecule has 1 fully saturated rings. The van der Waals surface area contributed by atoms with Gasteiger partial charge in [0.25, 0.3) is 5.91 Å². The number of rotatable bonds is 6. The number of piperazine rings is 1. The van der Waals surface area contributed by atoms with E-state index in [1.807, 2.05) is 68.4 Å². The van der Waals surface area contributed by atoms with Gasteiger partial charge in [-0.15, -0.1) is 0 Å². The Labute approximate surface area is 199 Å². The van der Waals surface area contributed by atoms with Crippen molar-refractivity contribution in [3.05, 3.63) is 87.7 Å². The summed E-state index contributed by atoms with van der Waals surface area (Å²) in [5.74, 6) is -0.148. The minimum atomic E-state index is -3.43. The monoisotopic (exact) mass is 486 g/mol. The van der Waals surface area contributed by atoms with E-state index in [0.717, 1.165) is 16.8 Å². The molecule has 0 unspecified atom stereocenters. The predicted molar refractivity (Wildman–Crippen MR) is 129 cm³/mol. The molecule has 2 heterocycles. The predicted octanol–water partition coefficient (Wildman–Crippen LogP) is 3.49. The Hall–Kier alpha value is -2.68. The molecule has 174 valence electrons. The lowest BCUT2D eigenvalue weighted by atomic mass is 10.1. The van der Waals surface area contributed by atoms with E-state index in [-0.39, 0.29) is 24.7 Å². The van der Waals surface area contributed by atoms with Crippen LogP contribution < -0.4 is 0 Å². The summed E-state index contributed by atoms with van der Waals surface area (Å²) < 4.78 is 28.9. The number of hydrogen-bond donors (Lipinski definition) is 0. The van der Waals surface area contributed by atoms with Crippen molar-refractivity contribution in [1.82, 2.24) is 19.0 Å². The minimum Gasteiger partial charge on any atom is -0.336 e. The highest BCUT2D eigenvalue weighted by atomic mass is 35.5. The molecule has 0 N–H and O–H groups in total. The molecule has 0 saturated carbocycles. The molecule has 2 aromatic carbocycles. The molecule has 1 aliphatic heterocycles. The number of benzene rings is 2. The third-order valence-corrected chi connectivity index (χ3v) is 8.20. The number of nitrogens with zero attached hydrogens (tertiary/aromatic N) is 4. The summed E-state index contributed by atoms with van der Waals surface area (Å²) in [5.41, 5.74) is 3.69. The maximum atomic E-state index is 13.3. The van der Waals surface area contributed by atoms with E-state index < -0.39 is 10.0 Å². The molecule has 0 bridgehead atoms. The number of aryl methyl sites for hydroxylation is 1. The van der Waals surface area contributed by atoms with Crippen molar-refractivity contribution in [1.29, 1.82) is 0 Å². The average molecular weight is 487 g/mol. The number of amides is 1. The Morgan fingerprint density at radius 3 is 2.27 bits per heavy atom. The van der Waals surface area contributed by atoms with Crippen molar-refractivity contribution in [2.45, 2.75) is 26.1 Å². The first-order valence-electron chi connectivity index (χ1n) is 10.8. The van der Waals surface area contributed by atoms with E-state index >= 15 is 0 Å². The first kappa shape index (κ1) is 23.5. The van der Waals surface area contributed by atoms with E-state index in [0.29, 0.717) is 35.9 Å². The van der Waals surface area contributed by atoms with Crippen LogP contribution in [0.2, 0.25) is 5.02 Å². The van der Waals surface area contributed by atoms with E-state index in [1.165, 1.54) is 4.31 Å². The van der Waals surface area contributed by atoms with E-state index in [2.05, 4.69) is 5.10 Å². The van der Waals surface area contributed by atoms with Gasteiger partial charge in [0, 0.05) is 36.9 Å². The number of aromatic nitrogens is 2. The molecular formula is C24H27ClN4O3S. The zero-order valence-corrected chi connectivity index (χ0v) is 20.3. The Morgan fingerprint density at radius 1 is 0.970 bits per heavy atom. The fourth-order valence-corrected chi connectivity index (χ4v) is 5.86. The van der Waals surface area contributed by atoms with Gasteiger partial charge in [-0.2, -0.15) is 9.40 Å². The number of carbonyl (C=O) groups excluding carboxylic acids is 1.